The highest BCUT2D eigenvalue weighted by Gasteiger charge is 2.14. The van der Waals surface area contributed by atoms with Crippen LogP contribution in [-0.2, 0) is 0 Å². The summed E-state index contributed by atoms with van der Waals surface area (Å²) in [7, 11) is 3.07. The van der Waals surface area contributed by atoms with Gasteiger partial charge in [-0.05, 0) is 30.3 Å². The number of benzene rings is 2. The van der Waals surface area contributed by atoms with Gasteiger partial charge >= 0.3 is 0 Å². The van der Waals surface area contributed by atoms with Crippen molar-refractivity contribution in [3.8, 4) is 22.8 Å². The average Bonchev–Trinajstić information content (AvgIpc) is 3.18. The number of carbonyl (C=O) groups excluding carboxylic acids is 1. The van der Waals surface area contributed by atoms with Crippen molar-refractivity contribution in [2.24, 2.45) is 16.5 Å². The molecule has 0 saturated carbocycles. The van der Waals surface area contributed by atoms with Crippen molar-refractivity contribution in [1.82, 2.24) is 10.2 Å². The third-order valence-electron chi connectivity index (χ3n) is 3.90. The van der Waals surface area contributed by atoms with Gasteiger partial charge in [-0.2, -0.15) is 5.10 Å². The molecule has 0 aliphatic heterocycles. The quantitative estimate of drug-likeness (QED) is 0.359. The maximum atomic E-state index is 12.6. The second-order valence-corrected chi connectivity index (χ2v) is 5.77. The number of hydrogen-bond acceptors (Lipinski definition) is 5. The van der Waals surface area contributed by atoms with Crippen LogP contribution < -0.4 is 26.3 Å². The molecule has 0 unspecified atom stereocenters. The van der Waals surface area contributed by atoms with Gasteiger partial charge in [-0.15, -0.1) is 12.4 Å². The van der Waals surface area contributed by atoms with E-state index >= 15 is 0 Å². The van der Waals surface area contributed by atoms with Crippen LogP contribution in [0.4, 0.5) is 11.4 Å². The van der Waals surface area contributed by atoms with Crippen LogP contribution in [0.25, 0.3) is 11.3 Å². The molecular formula is C19H21ClN6O3. The first-order valence-corrected chi connectivity index (χ1v) is 8.29. The van der Waals surface area contributed by atoms with E-state index in [-0.39, 0.29) is 24.3 Å². The minimum atomic E-state index is -0.359. The van der Waals surface area contributed by atoms with E-state index in [1.54, 1.807) is 43.5 Å². The van der Waals surface area contributed by atoms with Gasteiger partial charge in [0.25, 0.3) is 5.91 Å². The van der Waals surface area contributed by atoms with Gasteiger partial charge in [0.2, 0.25) is 0 Å². The van der Waals surface area contributed by atoms with Gasteiger partial charge in [-0.25, -0.2) is 4.99 Å². The number of nitrogens with zero attached hydrogens (tertiary/aromatic N) is 2. The molecule has 0 aliphatic carbocycles. The maximum absolute atomic E-state index is 12.6. The highest BCUT2D eigenvalue weighted by Crippen LogP contribution is 2.29. The molecule has 1 heterocycles. The second kappa shape index (κ2) is 9.47. The van der Waals surface area contributed by atoms with Gasteiger partial charge in [0, 0.05) is 11.6 Å². The van der Waals surface area contributed by atoms with Crippen LogP contribution in [0.3, 0.4) is 0 Å². The van der Waals surface area contributed by atoms with Crippen molar-refractivity contribution in [1.29, 1.82) is 0 Å². The molecule has 0 spiro atoms. The lowest BCUT2D eigenvalue weighted by atomic mass is 10.1. The van der Waals surface area contributed by atoms with E-state index in [4.69, 9.17) is 20.9 Å². The largest absolute Gasteiger partial charge is 0.497 e. The molecule has 0 radical (unpaired) electrons. The number of hydrogen-bond donors (Lipinski definition) is 4. The molecule has 10 heteroatoms. The number of carbonyl (C=O) groups is 1. The minimum Gasteiger partial charge on any atom is -0.497 e. The molecule has 152 valence electrons. The molecule has 1 amide bonds. The summed E-state index contributed by atoms with van der Waals surface area (Å²) in [5.74, 6) is 0.744. The number of halogens is 1. The predicted molar refractivity (Wildman–Crippen MR) is 114 cm³/mol. The van der Waals surface area contributed by atoms with E-state index in [0.717, 1.165) is 5.56 Å². The topological polar surface area (TPSA) is 141 Å². The van der Waals surface area contributed by atoms with E-state index < -0.39 is 0 Å². The molecule has 0 atom stereocenters. The van der Waals surface area contributed by atoms with Gasteiger partial charge in [-0.3, -0.25) is 9.89 Å². The van der Waals surface area contributed by atoms with E-state index in [1.165, 1.54) is 7.11 Å². The highest BCUT2D eigenvalue weighted by atomic mass is 35.5. The van der Waals surface area contributed by atoms with Crippen molar-refractivity contribution < 1.29 is 14.3 Å². The third-order valence-corrected chi connectivity index (χ3v) is 3.90. The summed E-state index contributed by atoms with van der Waals surface area (Å²) in [6.45, 7) is 0. The van der Waals surface area contributed by atoms with Crippen molar-refractivity contribution in [3.05, 3.63) is 54.2 Å². The summed E-state index contributed by atoms with van der Waals surface area (Å²) in [5.41, 5.74) is 13.6. The number of aromatic amines is 1. The van der Waals surface area contributed by atoms with Crippen LogP contribution in [0.2, 0.25) is 0 Å². The lowest BCUT2D eigenvalue weighted by molar-refractivity contribution is 0.102. The summed E-state index contributed by atoms with van der Waals surface area (Å²) in [6.07, 6.45) is 0. The number of methoxy groups -OCH3 is 2. The molecule has 29 heavy (non-hydrogen) atoms. The maximum Gasteiger partial charge on any atom is 0.273 e. The lowest BCUT2D eigenvalue weighted by Gasteiger charge is -2.11. The Morgan fingerprint density at radius 1 is 1.07 bits per heavy atom. The summed E-state index contributed by atoms with van der Waals surface area (Å²) < 4.78 is 10.5. The standard InChI is InChI=1S/C19H20N6O3.ClH/c1-27-13-7-8-17(28-2)15(9-13)23-18(26)16-10-14(24-25-16)11-3-5-12(6-4-11)22-19(20)21;/h3-10H,1-2H3,(H,23,26)(H,24,25)(H4,20,21,22);1H. The number of nitrogens with two attached hydrogens (primary N) is 2. The smallest absolute Gasteiger partial charge is 0.273 e. The first kappa shape index (κ1) is 21.6. The van der Waals surface area contributed by atoms with Crippen molar-refractivity contribution in [2.75, 3.05) is 19.5 Å². The molecule has 9 nitrogen and oxygen atoms in total. The number of H-pyrrole nitrogens is 1. The molecule has 2 aromatic carbocycles. The first-order chi connectivity index (χ1) is 13.5. The van der Waals surface area contributed by atoms with Gasteiger partial charge in [0.15, 0.2) is 5.96 Å². The predicted octanol–water partition coefficient (Wildman–Crippen LogP) is 2.67. The summed E-state index contributed by atoms with van der Waals surface area (Å²) in [6, 6.07) is 13.9. The normalized spacial score (nSPS) is 9.86. The summed E-state index contributed by atoms with van der Waals surface area (Å²) in [5, 5.41) is 9.71. The summed E-state index contributed by atoms with van der Waals surface area (Å²) >= 11 is 0. The molecular weight excluding hydrogens is 396 g/mol. The number of aliphatic imine (C=N–C) groups is 1. The van der Waals surface area contributed by atoms with Gasteiger partial charge < -0.3 is 26.3 Å². The van der Waals surface area contributed by atoms with Crippen LogP contribution in [0.15, 0.2) is 53.5 Å². The van der Waals surface area contributed by atoms with E-state index in [2.05, 4.69) is 20.5 Å². The molecule has 0 saturated heterocycles. The highest BCUT2D eigenvalue weighted by molar-refractivity contribution is 6.04. The SMILES string of the molecule is COc1ccc(OC)c(NC(=O)c2cc(-c3ccc(N=C(N)N)cc3)n[nH]2)c1.Cl. The zero-order valence-electron chi connectivity index (χ0n) is 15.8. The number of anilines is 1. The van der Waals surface area contributed by atoms with Crippen LogP contribution in [0, 0.1) is 0 Å². The number of aromatic nitrogens is 2. The van der Waals surface area contributed by atoms with Crippen LogP contribution in [0.1, 0.15) is 10.5 Å². The lowest BCUT2D eigenvalue weighted by Crippen LogP contribution is -2.21. The fraction of sp³-hybridized carbons (Fsp3) is 0.105. The molecule has 0 aliphatic rings. The first-order valence-electron chi connectivity index (χ1n) is 8.29. The van der Waals surface area contributed by atoms with Crippen molar-refractivity contribution >= 4 is 35.6 Å². The summed E-state index contributed by atoms with van der Waals surface area (Å²) in [4.78, 5) is 16.5. The van der Waals surface area contributed by atoms with Crippen LogP contribution in [-0.4, -0.2) is 36.3 Å². The van der Waals surface area contributed by atoms with Gasteiger partial charge in [0.05, 0.1) is 31.3 Å². The molecule has 1 aromatic heterocycles. The van der Waals surface area contributed by atoms with Gasteiger partial charge in [0.1, 0.15) is 17.2 Å². The second-order valence-electron chi connectivity index (χ2n) is 5.77. The molecule has 3 rings (SSSR count). The Hall–Kier alpha value is -3.72. The zero-order valence-corrected chi connectivity index (χ0v) is 16.6. The third kappa shape index (κ3) is 5.17. The Kier molecular flexibility index (Phi) is 7.05. The number of nitrogens with one attached hydrogen (secondary N) is 2. The Morgan fingerprint density at radius 3 is 2.41 bits per heavy atom. The molecule has 0 bridgehead atoms. The Labute approximate surface area is 173 Å². The van der Waals surface area contributed by atoms with Crippen molar-refractivity contribution in [3.63, 3.8) is 0 Å². The molecule has 6 N–H and O–H groups in total. The Morgan fingerprint density at radius 2 is 1.79 bits per heavy atom. The fourth-order valence-corrected chi connectivity index (χ4v) is 2.54. The van der Waals surface area contributed by atoms with E-state index in [1.807, 2.05) is 12.1 Å². The van der Waals surface area contributed by atoms with Gasteiger partial charge in [-0.1, -0.05) is 12.1 Å². The van der Waals surface area contributed by atoms with Crippen LogP contribution in [0.5, 0.6) is 11.5 Å². The molecule has 0 fully saturated rings. The fourth-order valence-electron chi connectivity index (χ4n) is 2.54. The number of ether oxygens (including phenoxy) is 2. The Bertz CT molecular complexity index is 1010. The van der Waals surface area contributed by atoms with Crippen molar-refractivity contribution in [2.45, 2.75) is 0 Å². The average molecular weight is 417 g/mol. The zero-order chi connectivity index (χ0) is 20.1. The number of rotatable bonds is 6. The monoisotopic (exact) mass is 416 g/mol. The van der Waals surface area contributed by atoms with Crippen LogP contribution >= 0.6 is 12.4 Å². The minimum absolute atomic E-state index is 0. The number of guanidine groups is 1. The molecule has 3 aromatic rings. The van der Waals surface area contributed by atoms with E-state index in [0.29, 0.717) is 34.3 Å². The van der Waals surface area contributed by atoms with E-state index in [9.17, 15) is 4.79 Å². The Balaban J connectivity index is 0.00000300. The number of amides is 1.